The molecule has 1 amide bonds. The van der Waals surface area contributed by atoms with Crippen molar-refractivity contribution in [1.82, 2.24) is 14.9 Å². The van der Waals surface area contributed by atoms with Gasteiger partial charge in [0.25, 0.3) is 5.91 Å². The second kappa shape index (κ2) is 5.97. The van der Waals surface area contributed by atoms with Gasteiger partial charge in [0.05, 0.1) is 23.2 Å². The fraction of sp³-hybridized carbons (Fsp3) is 0.263. The molecule has 128 valence electrons. The van der Waals surface area contributed by atoms with Crippen molar-refractivity contribution in [2.45, 2.75) is 25.5 Å². The summed E-state index contributed by atoms with van der Waals surface area (Å²) in [5.41, 5.74) is 2.59. The summed E-state index contributed by atoms with van der Waals surface area (Å²) >= 11 is 0. The summed E-state index contributed by atoms with van der Waals surface area (Å²) in [5, 5.41) is 10.1. The third kappa shape index (κ3) is 2.78. The van der Waals surface area contributed by atoms with Crippen molar-refractivity contribution in [3.05, 3.63) is 65.2 Å². The molecule has 4 rings (SSSR count). The molecule has 6 heteroatoms. The van der Waals surface area contributed by atoms with E-state index in [1.165, 1.54) is 12.1 Å². The summed E-state index contributed by atoms with van der Waals surface area (Å²) in [6, 6.07) is 11.2. The van der Waals surface area contributed by atoms with Gasteiger partial charge in [0.1, 0.15) is 17.2 Å². The Kier molecular flexibility index (Phi) is 3.77. The molecule has 0 spiro atoms. The maximum atomic E-state index is 13.6. The number of hydrogen-bond acceptors (Lipinski definition) is 3. The van der Waals surface area contributed by atoms with Crippen LogP contribution in [0.15, 0.2) is 42.5 Å². The number of aromatic amines is 1. The number of β-amino-alcohol motifs (C(OH)–C–C–N with tert-alkyl or cyclic N) is 1. The molecule has 2 N–H and O–H groups in total. The van der Waals surface area contributed by atoms with E-state index >= 15 is 0 Å². The lowest BCUT2D eigenvalue weighted by Crippen LogP contribution is -2.32. The second-order valence-electron chi connectivity index (χ2n) is 6.44. The highest BCUT2D eigenvalue weighted by Crippen LogP contribution is 2.34. The Bertz CT molecular complexity index is 953. The van der Waals surface area contributed by atoms with E-state index in [4.69, 9.17) is 0 Å². The fourth-order valence-corrected chi connectivity index (χ4v) is 3.55. The molecule has 1 aliphatic heterocycles. The van der Waals surface area contributed by atoms with Gasteiger partial charge in [-0.25, -0.2) is 9.37 Å². The van der Waals surface area contributed by atoms with Crippen LogP contribution in [0.25, 0.3) is 11.0 Å². The molecule has 2 unspecified atom stereocenters. The number of amides is 1. The molecular weight excluding hydrogens is 321 g/mol. The molecule has 3 aromatic rings. The van der Waals surface area contributed by atoms with Crippen molar-refractivity contribution in [2.24, 2.45) is 0 Å². The van der Waals surface area contributed by atoms with Crippen LogP contribution < -0.4 is 0 Å². The van der Waals surface area contributed by atoms with Gasteiger partial charge in [-0.1, -0.05) is 18.2 Å². The van der Waals surface area contributed by atoms with E-state index in [1.807, 2.05) is 13.0 Å². The molecule has 0 radical (unpaired) electrons. The molecule has 1 fully saturated rings. The monoisotopic (exact) mass is 339 g/mol. The minimum atomic E-state index is -0.627. The Balaban J connectivity index is 1.74. The molecule has 2 aromatic carbocycles. The van der Waals surface area contributed by atoms with E-state index in [9.17, 15) is 14.3 Å². The Labute approximate surface area is 144 Å². The van der Waals surface area contributed by atoms with E-state index in [-0.39, 0.29) is 24.3 Å². The van der Waals surface area contributed by atoms with Gasteiger partial charge in [-0.3, -0.25) is 4.79 Å². The number of para-hydroxylation sites is 1. The Hall–Kier alpha value is -2.73. The number of imidazole rings is 1. The van der Waals surface area contributed by atoms with Crippen molar-refractivity contribution in [3.63, 3.8) is 0 Å². The molecule has 0 saturated carbocycles. The standard InChI is InChI=1S/C19H18FN3O2/c1-11-21-16-7-3-6-15(18(16)22-11)19(25)23-10-14(24)9-17(23)12-4-2-5-13(20)8-12/h2-8,14,17,24H,9-10H2,1H3,(H,21,22). The van der Waals surface area contributed by atoms with Gasteiger partial charge in [0.2, 0.25) is 0 Å². The van der Waals surface area contributed by atoms with Crippen molar-refractivity contribution in [3.8, 4) is 0 Å². The topological polar surface area (TPSA) is 69.2 Å². The normalized spacial score (nSPS) is 20.4. The number of hydrogen-bond donors (Lipinski definition) is 2. The summed E-state index contributed by atoms with van der Waals surface area (Å²) in [5.74, 6) is 0.178. The van der Waals surface area contributed by atoms with Crippen LogP contribution in [0.2, 0.25) is 0 Å². The lowest BCUT2D eigenvalue weighted by atomic mass is 10.0. The Morgan fingerprint density at radius 3 is 2.92 bits per heavy atom. The first kappa shape index (κ1) is 15.8. The van der Waals surface area contributed by atoms with Gasteiger partial charge in [0, 0.05) is 6.54 Å². The first-order valence-corrected chi connectivity index (χ1v) is 8.23. The quantitative estimate of drug-likeness (QED) is 0.754. The molecule has 1 aromatic heterocycles. The number of aryl methyl sites for hydroxylation is 1. The van der Waals surface area contributed by atoms with Crippen LogP contribution in [0, 0.1) is 12.7 Å². The highest BCUT2D eigenvalue weighted by Gasteiger charge is 2.36. The van der Waals surface area contributed by atoms with Gasteiger partial charge in [0.15, 0.2) is 0 Å². The van der Waals surface area contributed by atoms with E-state index in [0.29, 0.717) is 23.1 Å². The number of nitrogens with zero attached hydrogens (tertiary/aromatic N) is 2. The number of nitrogens with one attached hydrogen (secondary N) is 1. The molecule has 1 aliphatic rings. The molecule has 0 aliphatic carbocycles. The minimum absolute atomic E-state index is 0.206. The lowest BCUT2D eigenvalue weighted by molar-refractivity contribution is 0.0717. The molecule has 0 bridgehead atoms. The van der Waals surface area contributed by atoms with E-state index < -0.39 is 6.10 Å². The van der Waals surface area contributed by atoms with Crippen LogP contribution in [0.4, 0.5) is 4.39 Å². The number of benzene rings is 2. The van der Waals surface area contributed by atoms with Gasteiger partial charge in [-0.2, -0.15) is 0 Å². The van der Waals surface area contributed by atoms with Gasteiger partial charge in [-0.15, -0.1) is 0 Å². The summed E-state index contributed by atoms with van der Waals surface area (Å²) in [6.07, 6.45) is -0.234. The number of aliphatic hydroxyl groups is 1. The third-order valence-electron chi connectivity index (χ3n) is 4.63. The Morgan fingerprint density at radius 1 is 1.32 bits per heavy atom. The SMILES string of the molecule is Cc1nc2c(C(=O)N3CC(O)CC3c3cccc(F)c3)cccc2[nH]1. The van der Waals surface area contributed by atoms with Gasteiger partial charge < -0.3 is 15.0 Å². The van der Waals surface area contributed by atoms with Crippen LogP contribution in [0.3, 0.4) is 0 Å². The highest BCUT2D eigenvalue weighted by molar-refractivity contribution is 6.05. The molecular formula is C19H18FN3O2. The van der Waals surface area contributed by atoms with Crippen molar-refractivity contribution < 1.29 is 14.3 Å². The van der Waals surface area contributed by atoms with E-state index in [2.05, 4.69) is 9.97 Å². The molecule has 5 nitrogen and oxygen atoms in total. The summed E-state index contributed by atoms with van der Waals surface area (Å²) in [7, 11) is 0. The van der Waals surface area contributed by atoms with E-state index in [0.717, 1.165) is 11.3 Å². The third-order valence-corrected chi connectivity index (χ3v) is 4.63. The summed E-state index contributed by atoms with van der Waals surface area (Å²) in [6.45, 7) is 2.06. The van der Waals surface area contributed by atoms with Crippen LogP contribution in [-0.2, 0) is 0 Å². The minimum Gasteiger partial charge on any atom is -0.391 e. The zero-order valence-electron chi connectivity index (χ0n) is 13.7. The largest absolute Gasteiger partial charge is 0.391 e. The molecule has 25 heavy (non-hydrogen) atoms. The fourth-order valence-electron chi connectivity index (χ4n) is 3.55. The first-order chi connectivity index (χ1) is 12.0. The van der Waals surface area contributed by atoms with Crippen molar-refractivity contribution >= 4 is 16.9 Å². The maximum absolute atomic E-state index is 13.6. The number of halogens is 1. The summed E-state index contributed by atoms with van der Waals surface area (Å²) < 4.78 is 13.6. The predicted octanol–water partition coefficient (Wildman–Crippen LogP) is 2.96. The van der Waals surface area contributed by atoms with Crippen LogP contribution >= 0.6 is 0 Å². The van der Waals surface area contributed by atoms with Crippen molar-refractivity contribution in [1.29, 1.82) is 0 Å². The summed E-state index contributed by atoms with van der Waals surface area (Å²) in [4.78, 5) is 22.3. The predicted molar refractivity (Wildman–Crippen MR) is 91.6 cm³/mol. The number of rotatable bonds is 2. The first-order valence-electron chi connectivity index (χ1n) is 8.23. The Morgan fingerprint density at radius 2 is 2.12 bits per heavy atom. The van der Waals surface area contributed by atoms with Crippen LogP contribution in [-0.4, -0.2) is 38.5 Å². The number of aliphatic hydroxyl groups excluding tert-OH is 1. The maximum Gasteiger partial charge on any atom is 0.256 e. The van der Waals surface area contributed by atoms with Crippen molar-refractivity contribution in [2.75, 3.05) is 6.54 Å². The molecule has 2 atom stereocenters. The molecule has 2 heterocycles. The number of aromatic nitrogens is 2. The smallest absolute Gasteiger partial charge is 0.256 e. The number of carbonyl (C=O) groups is 1. The average molecular weight is 339 g/mol. The van der Waals surface area contributed by atoms with Gasteiger partial charge in [-0.05, 0) is 43.2 Å². The van der Waals surface area contributed by atoms with Crippen LogP contribution in [0.5, 0.6) is 0 Å². The van der Waals surface area contributed by atoms with Gasteiger partial charge >= 0.3 is 0 Å². The number of likely N-dealkylation sites (tertiary alicyclic amines) is 1. The van der Waals surface area contributed by atoms with E-state index in [1.54, 1.807) is 29.2 Å². The zero-order chi connectivity index (χ0) is 17.6. The number of H-pyrrole nitrogens is 1. The van der Waals surface area contributed by atoms with Crippen LogP contribution in [0.1, 0.15) is 34.2 Å². The molecule has 1 saturated heterocycles. The second-order valence-corrected chi connectivity index (χ2v) is 6.44. The number of fused-ring (bicyclic) bond motifs is 1. The lowest BCUT2D eigenvalue weighted by Gasteiger charge is -2.25. The number of carbonyl (C=O) groups excluding carboxylic acids is 1. The highest BCUT2D eigenvalue weighted by atomic mass is 19.1. The average Bonchev–Trinajstić information content (AvgIpc) is 3.15. The zero-order valence-corrected chi connectivity index (χ0v) is 13.7.